The molecule has 3 rings (SSSR count). The molecular formula is C19H20N4O4. The standard InChI is InChI=1S/C19H20N4O4/c1-11-5-6-13(12(2)9-11)21-15(24)10-23-18(25)16-14(27-4)7-8-20-17(16)22(3)19(23)26/h5-9H,10H2,1-4H3,(H,21,24). The zero-order chi connectivity index (χ0) is 19.7. The van der Waals surface area contributed by atoms with E-state index < -0.39 is 23.7 Å². The van der Waals surface area contributed by atoms with Crippen LogP contribution in [0.4, 0.5) is 5.69 Å². The molecule has 0 aliphatic carbocycles. The summed E-state index contributed by atoms with van der Waals surface area (Å²) in [4.78, 5) is 41.9. The van der Waals surface area contributed by atoms with Gasteiger partial charge in [-0.3, -0.25) is 14.2 Å². The molecule has 27 heavy (non-hydrogen) atoms. The highest BCUT2D eigenvalue weighted by Crippen LogP contribution is 2.18. The van der Waals surface area contributed by atoms with Crippen molar-refractivity contribution in [2.24, 2.45) is 7.05 Å². The van der Waals surface area contributed by atoms with Gasteiger partial charge in [0.15, 0.2) is 5.65 Å². The van der Waals surface area contributed by atoms with E-state index in [1.165, 1.54) is 31.0 Å². The van der Waals surface area contributed by atoms with Crippen LogP contribution < -0.4 is 21.3 Å². The van der Waals surface area contributed by atoms with E-state index in [0.717, 1.165) is 15.7 Å². The Morgan fingerprint density at radius 1 is 1.22 bits per heavy atom. The first-order valence-corrected chi connectivity index (χ1v) is 8.33. The van der Waals surface area contributed by atoms with Gasteiger partial charge in [-0.25, -0.2) is 14.3 Å². The predicted octanol–water partition coefficient (Wildman–Crippen LogP) is 1.36. The molecule has 8 heteroatoms. The van der Waals surface area contributed by atoms with Crippen molar-refractivity contribution in [3.8, 4) is 5.75 Å². The fourth-order valence-corrected chi connectivity index (χ4v) is 2.98. The molecule has 0 spiro atoms. The van der Waals surface area contributed by atoms with Gasteiger partial charge in [-0.2, -0.15) is 0 Å². The number of rotatable bonds is 4. The van der Waals surface area contributed by atoms with E-state index in [0.29, 0.717) is 11.4 Å². The molecule has 2 aromatic heterocycles. The van der Waals surface area contributed by atoms with E-state index in [9.17, 15) is 14.4 Å². The minimum Gasteiger partial charge on any atom is -0.496 e. The Balaban J connectivity index is 2.03. The summed E-state index contributed by atoms with van der Waals surface area (Å²) in [6.07, 6.45) is 1.46. The number of anilines is 1. The summed E-state index contributed by atoms with van der Waals surface area (Å²) in [5.41, 5.74) is 1.57. The SMILES string of the molecule is COc1ccnc2c1c(=O)n(CC(=O)Nc1ccc(C)cc1C)c(=O)n2C. The third-order valence-electron chi connectivity index (χ3n) is 4.36. The number of carbonyl (C=O) groups excluding carboxylic acids is 1. The second-order valence-corrected chi connectivity index (χ2v) is 6.31. The molecule has 0 bridgehead atoms. The second kappa shape index (κ2) is 7.06. The van der Waals surface area contributed by atoms with Crippen LogP contribution in [0, 0.1) is 13.8 Å². The molecule has 0 unspecified atom stereocenters. The lowest BCUT2D eigenvalue weighted by molar-refractivity contribution is -0.116. The number of aromatic nitrogens is 3. The molecule has 0 saturated carbocycles. The molecule has 2 heterocycles. The van der Waals surface area contributed by atoms with Gasteiger partial charge in [0.05, 0.1) is 7.11 Å². The smallest absolute Gasteiger partial charge is 0.332 e. The van der Waals surface area contributed by atoms with Crippen LogP contribution in [0.3, 0.4) is 0 Å². The van der Waals surface area contributed by atoms with Gasteiger partial charge < -0.3 is 10.1 Å². The van der Waals surface area contributed by atoms with Crippen LogP contribution in [0.2, 0.25) is 0 Å². The van der Waals surface area contributed by atoms with Gasteiger partial charge in [-0.15, -0.1) is 0 Å². The van der Waals surface area contributed by atoms with Crippen molar-refractivity contribution in [3.05, 3.63) is 62.4 Å². The van der Waals surface area contributed by atoms with Gasteiger partial charge >= 0.3 is 5.69 Å². The van der Waals surface area contributed by atoms with Crippen LogP contribution in [0.25, 0.3) is 11.0 Å². The number of amides is 1. The van der Waals surface area contributed by atoms with Crippen molar-refractivity contribution in [1.29, 1.82) is 0 Å². The van der Waals surface area contributed by atoms with Gasteiger partial charge in [0.25, 0.3) is 5.56 Å². The first kappa shape index (κ1) is 18.4. The van der Waals surface area contributed by atoms with Crippen molar-refractivity contribution >= 4 is 22.6 Å². The summed E-state index contributed by atoms with van der Waals surface area (Å²) in [7, 11) is 2.92. The lowest BCUT2D eigenvalue weighted by Crippen LogP contribution is -2.42. The van der Waals surface area contributed by atoms with E-state index in [2.05, 4.69) is 10.3 Å². The first-order chi connectivity index (χ1) is 12.8. The lowest BCUT2D eigenvalue weighted by Gasteiger charge is -2.13. The average Bonchev–Trinajstić information content (AvgIpc) is 2.65. The molecule has 8 nitrogen and oxygen atoms in total. The Morgan fingerprint density at radius 3 is 2.63 bits per heavy atom. The second-order valence-electron chi connectivity index (χ2n) is 6.31. The largest absolute Gasteiger partial charge is 0.496 e. The molecule has 1 amide bonds. The van der Waals surface area contributed by atoms with Gasteiger partial charge in [0, 0.05) is 18.9 Å². The molecule has 3 aromatic rings. The van der Waals surface area contributed by atoms with Gasteiger partial charge in [0.2, 0.25) is 5.91 Å². The normalized spacial score (nSPS) is 10.8. The average molecular weight is 368 g/mol. The molecule has 0 saturated heterocycles. The molecule has 1 N–H and O–H groups in total. The highest BCUT2D eigenvalue weighted by molar-refractivity contribution is 5.91. The number of benzene rings is 1. The topological polar surface area (TPSA) is 95.2 Å². The molecule has 1 aromatic carbocycles. The zero-order valence-electron chi connectivity index (χ0n) is 15.6. The predicted molar refractivity (Wildman–Crippen MR) is 102 cm³/mol. The summed E-state index contributed by atoms with van der Waals surface area (Å²) in [6.45, 7) is 3.42. The van der Waals surface area contributed by atoms with E-state index in [-0.39, 0.29) is 11.0 Å². The van der Waals surface area contributed by atoms with Crippen LogP contribution >= 0.6 is 0 Å². The highest BCUT2D eigenvalue weighted by Gasteiger charge is 2.18. The molecule has 0 aliphatic rings. The maximum atomic E-state index is 12.8. The van der Waals surface area contributed by atoms with Gasteiger partial charge in [-0.05, 0) is 31.5 Å². The van der Waals surface area contributed by atoms with Crippen molar-refractivity contribution < 1.29 is 9.53 Å². The van der Waals surface area contributed by atoms with Crippen LogP contribution in [0.1, 0.15) is 11.1 Å². The maximum Gasteiger partial charge on any atom is 0.332 e. The Hall–Kier alpha value is -3.42. The lowest BCUT2D eigenvalue weighted by atomic mass is 10.1. The Labute approximate surface area is 155 Å². The summed E-state index contributed by atoms with van der Waals surface area (Å²) in [5, 5.41) is 2.90. The summed E-state index contributed by atoms with van der Waals surface area (Å²) in [6, 6.07) is 7.14. The third-order valence-corrected chi connectivity index (χ3v) is 4.36. The molecular weight excluding hydrogens is 348 g/mol. The van der Waals surface area contributed by atoms with E-state index >= 15 is 0 Å². The number of nitrogens with one attached hydrogen (secondary N) is 1. The number of nitrogens with zero attached hydrogens (tertiary/aromatic N) is 3. The number of hydrogen-bond acceptors (Lipinski definition) is 5. The van der Waals surface area contributed by atoms with Crippen molar-refractivity contribution in [2.45, 2.75) is 20.4 Å². The molecule has 0 radical (unpaired) electrons. The molecule has 0 fully saturated rings. The molecule has 0 aliphatic heterocycles. The first-order valence-electron chi connectivity index (χ1n) is 8.33. The number of ether oxygens (including phenoxy) is 1. The van der Waals surface area contributed by atoms with Crippen LogP contribution in [-0.4, -0.2) is 27.1 Å². The maximum absolute atomic E-state index is 12.8. The number of fused-ring (bicyclic) bond motifs is 1. The van der Waals surface area contributed by atoms with Crippen LogP contribution in [-0.2, 0) is 18.4 Å². The Bertz CT molecular complexity index is 1160. The van der Waals surface area contributed by atoms with Crippen molar-refractivity contribution in [1.82, 2.24) is 14.1 Å². The Kier molecular flexibility index (Phi) is 4.81. The minimum atomic E-state index is -0.621. The van der Waals surface area contributed by atoms with E-state index in [1.54, 1.807) is 6.07 Å². The summed E-state index contributed by atoms with van der Waals surface area (Å²) in [5.74, 6) is -0.174. The van der Waals surface area contributed by atoms with Crippen molar-refractivity contribution in [3.63, 3.8) is 0 Å². The fourth-order valence-electron chi connectivity index (χ4n) is 2.98. The summed E-state index contributed by atoms with van der Waals surface area (Å²) >= 11 is 0. The zero-order valence-corrected chi connectivity index (χ0v) is 15.6. The van der Waals surface area contributed by atoms with Gasteiger partial charge in [0.1, 0.15) is 17.7 Å². The number of aryl methyl sites for hydroxylation is 3. The highest BCUT2D eigenvalue weighted by atomic mass is 16.5. The summed E-state index contributed by atoms with van der Waals surface area (Å²) < 4.78 is 7.32. The number of hydrogen-bond donors (Lipinski definition) is 1. The fraction of sp³-hybridized carbons (Fsp3) is 0.263. The Morgan fingerprint density at radius 2 is 1.96 bits per heavy atom. The molecule has 0 atom stereocenters. The van der Waals surface area contributed by atoms with E-state index in [4.69, 9.17) is 4.74 Å². The number of pyridine rings is 1. The monoisotopic (exact) mass is 368 g/mol. The molecule has 140 valence electrons. The van der Waals surface area contributed by atoms with Gasteiger partial charge in [-0.1, -0.05) is 17.7 Å². The quantitative estimate of drug-likeness (QED) is 0.750. The minimum absolute atomic E-state index is 0.154. The number of methoxy groups -OCH3 is 1. The number of carbonyl (C=O) groups is 1. The van der Waals surface area contributed by atoms with Crippen molar-refractivity contribution in [2.75, 3.05) is 12.4 Å². The van der Waals surface area contributed by atoms with Crippen LogP contribution in [0.5, 0.6) is 5.75 Å². The van der Waals surface area contributed by atoms with E-state index in [1.807, 2.05) is 26.0 Å². The third kappa shape index (κ3) is 3.33. The van der Waals surface area contributed by atoms with Crippen LogP contribution in [0.15, 0.2) is 40.1 Å².